The Hall–Kier alpha value is -1.96. The molecule has 0 aromatic heterocycles. The first-order valence-electron chi connectivity index (χ1n) is 7.50. The molecule has 2 aromatic carbocycles. The van der Waals surface area contributed by atoms with Crippen LogP contribution in [0.15, 0.2) is 42.5 Å². The van der Waals surface area contributed by atoms with E-state index in [2.05, 4.69) is 49.4 Å². The molecule has 0 fully saturated rings. The highest BCUT2D eigenvalue weighted by molar-refractivity contribution is 5.47. The number of aryl methyl sites for hydroxylation is 2. The zero-order valence-corrected chi connectivity index (χ0v) is 13.2. The van der Waals surface area contributed by atoms with Gasteiger partial charge in [0.15, 0.2) is 0 Å². The van der Waals surface area contributed by atoms with Gasteiger partial charge in [-0.1, -0.05) is 30.3 Å². The van der Waals surface area contributed by atoms with E-state index in [1.807, 2.05) is 0 Å². The van der Waals surface area contributed by atoms with Crippen LogP contribution >= 0.6 is 0 Å². The molecule has 2 aromatic rings. The zero-order valence-electron chi connectivity index (χ0n) is 13.2. The van der Waals surface area contributed by atoms with Crippen molar-refractivity contribution in [1.82, 2.24) is 0 Å². The molecule has 0 aliphatic rings. The summed E-state index contributed by atoms with van der Waals surface area (Å²) >= 11 is 0. The van der Waals surface area contributed by atoms with Crippen LogP contribution in [-0.2, 0) is 12.8 Å². The summed E-state index contributed by atoms with van der Waals surface area (Å²) in [5.74, 6) is 1.87. The lowest BCUT2D eigenvalue weighted by molar-refractivity contribution is 0.383. The topological polar surface area (TPSA) is 18.5 Å². The Bertz CT molecular complexity index is 536. The molecule has 0 radical (unpaired) electrons. The Kier molecular flexibility index (Phi) is 5.68. The summed E-state index contributed by atoms with van der Waals surface area (Å²) in [5, 5.41) is 0. The van der Waals surface area contributed by atoms with Gasteiger partial charge in [-0.15, -0.1) is 0 Å². The second-order valence-corrected chi connectivity index (χ2v) is 5.34. The first-order chi connectivity index (χ1) is 10.2. The highest BCUT2D eigenvalue weighted by Crippen LogP contribution is 2.31. The van der Waals surface area contributed by atoms with Crippen LogP contribution in [0.2, 0.25) is 0 Å². The molecular formula is C19H24O2. The SMILES string of the molecule is COc1cc(C)cc(OC)c1CCCCc1ccccc1. The van der Waals surface area contributed by atoms with Gasteiger partial charge in [-0.05, 0) is 55.9 Å². The molecule has 0 saturated heterocycles. The second-order valence-electron chi connectivity index (χ2n) is 5.34. The van der Waals surface area contributed by atoms with Crippen LogP contribution in [0.1, 0.15) is 29.5 Å². The molecular weight excluding hydrogens is 260 g/mol. The molecule has 0 N–H and O–H groups in total. The molecule has 0 aliphatic heterocycles. The summed E-state index contributed by atoms with van der Waals surface area (Å²) in [6, 6.07) is 14.8. The molecule has 2 nitrogen and oxygen atoms in total. The van der Waals surface area contributed by atoms with Gasteiger partial charge in [0.25, 0.3) is 0 Å². The Balaban J connectivity index is 1.96. The minimum atomic E-state index is 0.937. The van der Waals surface area contributed by atoms with Crippen molar-refractivity contribution in [1.29, 1.82) is 0 Å². The third kappa shape index (κ3) is 4.25. The molecule has 21 heavy (non-hydrogen) atoms. The molecule has 0 heterocycles. The minimum absolute atomic E-state index is 0.937. The Morgan fingerprint density at radius 2 is 1.38 bits per heavy atom. The first-order valence-corrected chi connectivity index (χ1v) is 7.50. The third-order valence-electron chi connectivity index (χ3n) is 3.74. The maximum Gasteiger partial charge on any atom is 0.126 e. The number of benzene rings is 2. The lowest BCUT2D eigenvalue weighted by Gasteiger charge is -2.14. The summed E-state index contributed by atoms with van der Waals surface area (Å²) in [7, 11) is 3.45. The highest BCUT2D eigenvalue weighted by Gasteiger charge is 2.11. The van der Waals surface area contributed by atoms with Crippen LogP contribution in [-0.4, -0.2) is 14.2 Å². The first kappa shape index (κ1) is 15.4. The molecule has 2 heteroatoms. The van der Waals surface area contributed by atoms with Crippen molar-refractivity contribution in [2.75, 3.05) is 14.2 Å². The third-order valence-corrected chi connectivity index (χ3v) is 3.74. The van der Waals surface area contributed by atoms with Gasteiger partial charge in [-0.3, -0.25) is 0 Å². The van der Waals surface area contributed by atoms with Gasteiger partial charge in [0.2, 0.25) is 0 Å². The van der Waals surface area contributed by atoms with Crippen molar-refractivity contribution in [2.45, 2.75) is 32.6 Å². The Labute approximate surface area is 127 Å². The van der Waals surface area contributed by atoms with Gasteiger partial charge < -0.3 is 9.47 Å². The fourth-order valence-electron chi connectivity index (χ4n) is 2.64. The Morgan fingerprint density at radius 1 is 0.810 bits per heavy atom. The fourth-order valence-corrected chi connectivity index (χ4v) is 2.64. The predicted octanol–water partition coefficient (Wildman–Crippen LogP) is 4.58. The summed E-state index contributed by atoms with van der Waals surface area (Å²) < 4.78 is 11.0. The summed E-state index contributed by atoms with van der Waals surface area (Å²) in [4.78, 5) is 0. The number of hydrogen-bond acceptors (Lipinski definition) is 2. The molecule has 2 rings (SSSR count). The highest BCUT2D eigenvalue weighted by atomic mass is 16.5. The smallest absolute Gasteiger partial charge is 0.126 e. The van der Waals surface area contributed by atoms with E-state index in [1.165, 1.54) is 17.5 Å². The van der Waals surface area contributed by atoms with Crippen LogP contribution in [0.4, 0.5) is 0 Å². The summed E-state index contributed by atoms with van der Waals surface area (Å²) in [6.45, 7) is 2.06. The molecule has 0 atom stereocenters. The van der Waals surface area contributed by atoms with E-state index < -0.39 is 0 Å². The van der Waals surface area contributed by atoms with Gasteiger partial charge in [0.05, 0.1) is 14.2 Å². The molecule has 0 aliphatic carbocycles. The molecule has 112 valence electrons. The molecule has 0 bridgehead atoms. The van der Waals surface area contributed by atoms with E-state index in [1.54, 1.807) is 14.2 Å². The number of ether oxygens (including phenoxy) is 2. The summed E-state index contributed by atoms with van der Waals surface area (Å²) in [5.41, 5.74) is 3.75. The average Bonchev–Trinajstić information content (AvgIpc) is 2.52. The number of unbranched alkanes of at least 4 members (excludes halogenated alkanes) is 1. The van der Waals surface area contributed by atoms with E-state index in [0.717, 1.165) is 36.3 Å². The van der Waals surface area contributed by atoms with E-state index in [-0.39, 0.29) is 0 Å². The molecule has 0 saturated carbocycles. The average molecular weight is 284 g/mol. The lowest BCUT2D eigenvalue weighted by atomic mass is 10.0. The van der Waals surface area contributed by atoms with Crippen molar-refractivity contribution < 1.29 is 9.47 Å². The lowest BCUT2D eigenvalue weighted by Crippen LogP contribution is -1.99. The van der Waals surface area contributed by atoms with Crippen molar-refractivity contribution in [3.63, 3.8) is 0 Å². The van der Waals surface area contributed by atoms with Crippen molar-refractivity contribution in [3.8, 4) is 11.5 Å². The molecule has 0 amide bonds. The van der Waals surface area contributed by atoms with Gasteiger partial charge in [0.1, 0.15) is 11.5 Å². The van der Waals surface area contributed by atoms with E-state index in [4.69, 9.17) is 9.47 Å². The standard InChI is InChI=1S/C19H24O2/c1-15-13-18(20-2)17(19(14-15)21-3)12-8-7-11-16-9-5-4-6-10-16/h4-6,9-10,13-14H,7-8,11-12H2,1-3H3. The quantitative estimate of drug-likeness (QED) is 0.693. The van der Waals surface area contributed by atoms with E-state index >= 15 is 0 Å². The zero-order chi connectivity index (χ0) is 15.1. The molecule has 0 spiro atoms. The number of rotatable bonds is 7. The van der Waals surface area contributed by atoms with Crippen molar-refractivity contribution in [3.05, 3.63) is 59.2 Å². The maximum absolute atomic E-state index is 5.50. The summed E-state index contributed by atoms with van der Waals surface area (Å²) in [6.07, 6.45) is 4.41. The van der Waals surface area contributed by atoms with Crippen LogP contribution < -0.4 is 9.47 Å². The van der Waals surface area contributed by atoms with Gasteiger partial charge in [-0.2, -0.15) is 0 Å². The second kappa shape index (κ2) is 7.72. The number of methoxy groups -OCH3 is 2. The van der Waals surface area contributed by atoms with Crippen LogP contribution in [0.5, 0.6) is 11.5 Å². The van der Waals surface area contributed by atoms with E-state index in [0.29, 0.717) is 0 Å². The van der Waals surface area contributed by atoms with Gasteiger partial charge >= 0.3 is 0 Å². The van der Waals surface area contributed by atoms with Crippen molar-refractivity contribution >= 4 is 0 Å². The monoisotopic (exact) mass is 284 g/mol. The van der Waals surface area contributed by atoms with Gasteiger partial charge in [-0.25, -0.2) is 0 Å². The maximum atomic E-state index is 5.50. The van der Waals surface area contributed by atoms with E-state index in [9.17, 15) is 0 Å². The predicted molar refractivity (Wildman–Crippen MR) is 87.4 cm³/mol. The number of hydrogen-bond donors (Lipinski definition) is 0. The Morgan fingerprint density at radius 3 is 1.95 bits per heavy atom. The minimum Gasteiger partial charge on any atom is -0.496 e. The van der Waals surface area contributed by atoms with Gasteiger partial charge in [0, 0.05) is 5.56 Å². The molecule has 0 unspecified atom stereocenters. The normalized spacial score (nSPS) is 10.4. The fraction of sp³-hybridized carbons (Fsp3) is 0.368. The van der Waals surface area contributed by atoms with Crippen molar-refractivity contribution in [2.24, 2.45) is 0 Å². The largest absolute Gasteiger partial charge is 0.496 e. The van der Waals surface area contributed by atoms with Crippen LogP contribution in [0.3, 0.4) is 0 Å². The van der Waals surface area contributed by atoms with Crippen LogP contribution in [0, 0.1) is 6.92 Å². The van der Waals surface area contributed by atoms with Crippen LogP contribution in [0.25, 0.3) is 0 Å².